The SMILES string of the molecule is CN(C)S(=O)(=O)[C@@H]1CN(C(=O)NCC2(C)COC2)C[C@H]1C(F)(F)F. The number of hydrogen-bond acceptors (Lipinski definition) is 4. The molecule has 0 aliphatic carbocycles. The van der Waals surface area contributed by atoms with Crippen molar-refractivity contribution in [1.29, 1.82) is 0 Å². The molecule has 2 rings (SSSR count). The molecule has 0 radical (unpaired) electrons. The molecule has 0 aromatic carbocycles. The summed E-state index contributed by atoms with van der Waals surface area (Å²) in [5, 5.41) is 0.878. The van der Waals surface area contributed by atoms with Gasteiger partial charge >= 0.3 is 12.2 Å². The van der Waals surface area contributed by atoms with Gasteiger partial charge in [0, 0.05) is 39.1 Å². The normalized spacial score (nSPS) is 27.2. The van der Waals surface area contributed by atoms with E-state index in [1.165, 1.54) is 14.1 Å². The van der Waals surface area contributed by atoms with Crippen molar-refractivity contribution in [2.24, 2.45) is 11.3 Å². The van der Waals surface area contributed by atoms with Crippen LogP contribution in [0, 0.1) is 11.3 Å². The van der Waals surface area contributed by atoms with Gasteiger partial charge in [-0.15, -0.1) is 0 Å². The second-order valence-corrected chi connectivity index (χ2v) is 9.25. The van der Waals surface area contributed by atoms with Crippen LogP contribution in [0.3, 0.4) is 0 Å². The highest BCUT2D eigenvalue weighted by Gasteiger charge is 2.56. The zero-order valence-electron chi connectivity index (χ0n) is 13.8. The number of carbonyl (C=O) groups excluding carboxylic acids is 1. The molecular weight excluding hydrogens is 351 g/mol. The molecule has 11 heteroatoms. The lowest BCUT2D eigenvalue weighted by atomic mass is 9.89. The van der Waals surface area contributed by atoms with Crippen LogP contribution in [-0.4, -0.2) is 82.0 Å². The van der Waals surface area contributed by atoms with Gasteiger partial charge in [0.25, 0.3) is 0 Å². The second kappa shape index (κ2) is 6.34. The average Bonchev–Trinajstić information content (AvgIpc) is 2.88. The van der Waals surface area contributed by atoms with Gasteiger partial charge in [0.2, 0.25) is 10.0 Å². The molecule has 0 aromatic rings. The van der Waals surface area contributed by atoms with Gasteiger partial charge in [-0.2, -0.15) is 13.2 Å². The molecule has 2 fully saturated rings. The summed E-state index contributed by atoms with van der Waals surface area (Å²) < 4.78 is 69.8. The van der Waals surface area contributed by atoms with Gasteiger partial charge in [-0.3, -0.25) is 0 Å². The maximum Gasteiger partial charge on any atom is 0.394 e. The molecule has 0 bridgehead atoms. The molecule has 7 nitrogen and oxygen atoms in total. The van der Waals surface area contributed by atoms with E-state index in [1.54, 1.807) is 0 Å². The van der Waals surface area contributed by atoms with Gasteiger partial charge in [-0.25, -0.2) is 17.5 Å². The molecule has 1 N–H and O–H groups in total. The number of nitrogens with one attached hydrogen (secondary N) is 1. The predicted molar refractivity (Wildman–Crippen MR) is 79.8 cm³/mol. The fraction of sp³-hybridized carbons (Fsp3) is 0.923. The highest BCUT2D eigenvalue weighted by molar-refractivity contribution is 7.89. The van der Waals surface area contributed by atoms with Crippen molar-refractivity contribution in [1.82, 2.24) is 14.5 Å². The number of nitrogens with zero attached hydrogens (tertiary/aromatic N) is 2. The van der Waals surface area contributed by atoms with E-state index < -0.39 is 46.5 Å². The molecule has 140 valence electrons. The fourth-order valence-corrected chi connectivity index (χ4v) is 4.35. The van der Waals surface area contributed by atoms with Gasteiger partial charge in [0.15, 0.2) is 0 Å². The number of carbonyl (C=O) groups is 1. The number of ether oxygens (including phenoxy) is 1. The highest BCUT2D eigenvalue weighted by Crippen LogP contribution is 2.37. The number of alkyl halides is 3. The van der Waals surface area contributed by atoms with Crippen LogP contribution in [0.4, 0.5) is 18.0 Å². The van der Waals surface area contributed by atoms with E-state index in [9.17, 15) is 26.4 Å². The Hall–Kier alpha value is -1.07. The Morgan fingerprint density at radius 2 is 1.92 bits per heavy atom. The second-order valence-electron chi connectivity index (χ2n) is 6.88. The first-order chi connectivity index (χ1) is 10.9. The van der Waals surface area contributed by atoms with Crippen LogP contribution in [0.2, 0.25) is 0 Å². The molecule has 2 aliphatic heterocycles. The summed E-state index contributed by atoms with van der Waals surface area (Å²) in [6, 6.07) is -0.686. The van der Waals surface area contributed by atoms with Crippen molar-refractivity contribution in [2.45, 2.75) is 18.3 Å². The van der Waals surface area contributed by atoms with Crippen LogP contribution in [0.25, 0.3) is 0 Å². The zero-order valence-corrected chi connectivity index (χ0v) is 14.6. The maximum absolute atomic E-state index is 13.2. The summed E-state index contributed by atoms with van der Waals surface area (Å²) >= 11 is 0. The first kappa shape index (κ1) is 19.3. The average molecular weight is 373 g/mol. The predicted octanol–water partition coefficient (Wildman–Crippen LogP) is 0.487. The summed E-state index contributed by atoms with van der Waals surface area (Å²) in [5.41, 5.74) is -0.228. The Morgan fingerprint density at radius 3 is 2.33 bits per heavy atom. The van der Waals surface area contributed by atoms with Crippen LogP contribution >= 0.6 is 0 Å². The largest absolute Gasteiger partial charge is 0.394 e. The van der Waals surface area contributed by atoms with Crippen LogP contribution < -0.4 is 5.32 Å². The number of rotatable bonds is 4. The Balaban J connectivity index is 2.09. The summed E-state index contributed by atoms with van der Waals surface area (Å²) in [6.07, 6.45) is -4.70. The lowest BCUT2D eigenvalue weighted by Crippen LogP contribution is -2.51. The molecule has 24 heavy (non-hydrogen) atoms. The lowest BCUT2D eigenvalue weighted by Gasteiger charge is -2.38. The number of halogens is 3. The summed E-state index contributed by atoms with van der Waals surface area (Å²) in [6.45, 7) is 1.94. The van der Waals surface area contributed by atoms with Crippen molar-refractivity contribution >= 4 is 16.1 Å². The highest BCUT2D eigenvalue weighted by atomic mass is 32.2. The zero-order chi connectivity index (χ0) is 18.3. The number of sulfonamides is 1. The molecule has 2 heterocycles. The molecule has 2 aliphatic rings. The van der Waals surface area contributed by atoms with Gasteiger partial charge in [0.1, 0.15) is 5.25 Å². The molecule has 2 amide bonds. The topological polar surface area (TPSA) is 79.0 Å². The van der Waals surface area contributed by atoms with Gasteiger partial charge in [0.05, 0.1) is 19.1 Å². The van der Waals surface area contributed by atoms with E-state index in [0.717, 1.165) is 9.21 Å². The molecule has 0 spiro atoms. The quantitative estimate of drug-likeness (QED) is 0.778. The fourth-order valence-electron chi connectivity index (χ4n) is 2.78. The summed E-state index contributed by atoms with van der Waals surface area (Å²) in [5.74, 6) is -2.10. The van der Waals surface area contributed by atoms with Crippen LogP contribution in [0.1, 0.15) is 6.92 Å². The van der Waals surface area contributed by atoms with Gasteiger partial charge < -0.3 is 15.0 Å². The monoisotopic (exact) mass is 373 g/mol. The Bertz CT molecular complexity index is 590. The Labute approximate surface area is 139 Å². The number of amides is 2. The van der Waals surface area contributed by atoms with Gasteiger partial charge in [-0.05, 0) is 0 Å². The van der Waals surface area contributed by atoms with Crippen molar-refractivity contribution in [2.75, 3.05) is 46.9 Å². The molecule has 0 aromatic heterocycles. The van der Waals surface area contributed by atoms with Crippen LogP contribution in [-0.2, 0) is 14.8 Å². The van der Waals surface area contributed by atoms with Crippen molar-refractivity contribution in [3.63, 3.8) is 0 Å². The van der Waals surface area contributed by atoms with Crippen molar-refractivity contribution in [3.8, 4) is 0 Å². The van der Waals surface area contributed by atoms with E-state index >= 15 is 0 Å². The van der Waals surface area contributed by atoms with E-state index in [1.807, 2.05) is 6.92 Å². The Kier molecular flexibility index (Phi) is 5.09. The number of hydrogen-bond donors (Lipinski definition) is 1. The number of urea groups is 1. The third-order valence-corrected chi connectivity index (χ3v) is 6.69. The molecular formula is C13H22F3N3O4S. The van der Waals surface area contributed by atoms with E-state index in [2.05, 4.69) is 5.32 Å². The smallest absolute Gasteiger partial charge is 0.380 e. The van der Waals surface area contributed by atoms with Gasteiger partial charge in [-0.1, -0.05) is 6.92 Å². The molecule has 0 unspecified atom stereocenters. The minimum atomic E-state index is -4.70. The minimum Gasteiger partial charge on any atom is -0.380 e. The summed E-state index contributed by atoms with van der Waals surface area (Å²) in [4.78, 5) is 13.1. The maximum atomic E-state index is 13.2. The standard InChI is InChI=1S/C13H22F3N3O4S/c1-12(7-23-8-12)6-17-11(20)19-4-9(13(14,15)16)10(5-19)24(21,22)18(2)3/h9-10H,4-8H2,1-3H3,(H,17,20)/t9-,10-/m1/s1. The van der Waals surface area contributed by atoms with E-state index in [-0.39, 0.29) is 12.0 Å². The molecule has 0 saturated carbocycles. The van der Waals surface area contributed by atoms with E-state index in [0.29, 0.717) is 13.2 Å². The third-order valence-electron chi connectivity index (χ3n) is 4.43. The first-order valence-corrected chi connectivity index (χ1v) is 8.96. The van der Waals surface area contributed by atoms with Crippen molar-refractivity contribution < 1.29 is 31.1 Å². The molecule has 2 saturated heterocycles. The lowest BCUT2D eigenvalue weighted by molar-refractivity contribution is -0.169. The summed E-state index contributed by atoms with van der Waals surface area (Å²) in [7, 11) is -1.77. The number of likely N-dealkylation sites (tertiary alicyclic amines) is 1. The Morgan fingerprint density at radius 1 is 1.33 bits per heavy atom. The van der Waals surface area contributed by atoms with Crippen LogP contribution in [0.5, 0.6) is 0 Å². The van der Waals surface area contributed by atoms with Crippen molar-refractivity contribution in [3.05, 3.63) is 0 Å². The first-order valence-electron chi connectivity index (χ1n) is 7.45. The third kappa shape index (κ3) is 3.77. The minimum absolute atomic E-state index is 0.228. The molecule has 2 atom stereocenters. The van der Waals surface area contributed by atoms with E-state index in [4.69, 9.17) is 4.74 Å². The van der Waals surface area contributed by atoms with Crippen LogP contribution in [0.15, 0.2) is 0 Å².